The predicted molar refractivity (Wildman–Crippen MR) is 103 cm³/mol. The summed E-state index contributed by atoms with van der Waals surface area (Å²) in [6.07, 6.45) is 0.750. The Labute approximate surface area is 157 Å². The van der Waals surface area contributed by atoms with Crippen molar-refractivity contribution in [2.24, 2.45) is 0 Å². The normalized spacial score (nSPS) is 10.3. The number of amides is 3. The summed E-state index contributed by atoms with van der Waals surface area (Å²) in [5, 5.41) is 19.4. The van der Waals surface area contributed by atoms with Crippen molar-refractivity contribution < 1.29 is 9.59 Å². The Bertz CT molecular complexity index is 893. The number of benzene rings is 1. The summed E-state index contributed by atoms with van der Waals surface area (Å²) < 4.78 is 0. The van der Waals surface area contributed by atoms with Crippen LogP contribution >= 0.6 is 22.7 Å². The molecule has 26 heavy (non-hydrogen) atoms. The number of rotatable bonds is 6. The summed E-state index contributed by atoms with van der Waals surface area (Å²) in [7, 11) is 0. The first kappa shape index (κ1) is 18.0. The van der Waals surface area contributed by atoms with Gasteiger partial charge in [0.2, 0.25) is 11.0 Å². The van der Waals surface area contributed by atoms with Crippen molar-refractivity contribution >= 4 is 50.6 Å². The van der Waals surface area contributed by atoms with Gasteiger partial charge in [-0.15, -0.1) is 21.5 Å². The zero-order chi connectivity index (χ0) is 18.4. The van der Waals surface area contributed by atoms with E-state index >= 15 is 0 Å². The molecule has 3 rings (SSSR count). The van der Waals surface area contributed by atoms with Crippen LogP contribution in [0.4, 0.5) is 20.7 Å². The molecule has 0 bridgehead atoms. The fourth-order valence-electron chi connectivity index (χ4n) is 2.03. The minimum Gasteiger partial charge on any atom is -0.308 e. The second-order valence-corrected chi connectivity index (χ2v) is 7.30. The Morgan fingerprint density at radius 2 is 1.85 bits per heavy atom. The Hall–Kier alpha value is -2.85. The molecule has 0 saturated carbocycles. The number of nitrogens with one attached hydrogen (secondary N) is 3. The van der Waals surface area contributed by atoms with E-state index in [1.165, 1.54) is 22.7 Å². The Kier molecular flexibility index (Phi) is 5.87. The molecule has 2 heterocycles. The third-order valence-corrected chi connectivity index (χ3v) is 4.75. The van der Waals surface area contributed by atoms with E-state index in [9.17, 15) is 9.59 Å². The van der Waals surface area contributed by atoms with Crippen LogP contribution in [0, 0.1) is 6.92 Å². The van der Waals surface area contributed by atoms with Gasteiger partial charge in [0.25, 0.3) is 0 Å². The van der Waals surface area contributed by atoms with E-state index in [0.29, 0.717) is 22.4 Å². The molecule has 3 N–H and O–H groups in total. The van der Waals surface area contributed by atoms with E-state index in [1.54, 1.807) is 12.1 Å². The van der Waals surface area contributed by atoms with Crippen LogP contribution in [0.15, 0.2) is 35.7 Å². The lowest BCUT2D eigenvalue weighted by atomic mass is 10.2. The number of carbonyl (C=O) groups is 2. The summed E-state index contributed by atoms with van der Waals surface area (Å²) in [6, 6.07) is 8.78. The smallest absolute Gasteiger partial charge is 0.308 e. The zero-order valence-corrected chi connectivity index (χ0v) is 15.5. The molecule has 8 nitrogen and oxygen atoms in total. The summed E-state index contributed by atoms with van der Waals surface area (Å²) in [4.78, 5) is 28.2. The molecule has 0 unspecified atom stereocenters. The van der Waals surface area contributed by atoms with Crippen molar-refractivity contribution in [2.75, 3.05) is 16.0 Å². The van der Waals surface area contributed by atoms with Crippen molar-refractivity contribution in [3.63, 3.8) is 0 Å². The van der Waals surface area contributed by atoms with Gasteiger partial charge in [0, 0.05) is 17.5 Å². The number of anilines is 3. The molecule has 0 aliphatic heterocycles. The van der Waals surface area contributed by atoms with Gasteiger partial charge in [0.05, 0.1) is 5.69 Å². The minimum absolute atomic E-state index is 0.148. The van der Waals surface area contributed by atoms with Crippen LogP contribution in [-0.2, 0) is 11.2 Å². The van der Waals surface area contributed by atoms with Gasteiger partial charge >= 0.3 is 6.03 Å². The molecular weight excluding hydrogens is 372 g/mol. The molecule has 0 aliphatic carbocycles. The highest BCUT2D eigenvalue weighted by atomic mass is 32.1. The lowest BCUT2D eigenvalue weighted by Crippen LogP contribution is -2.19. The number of para-hydroxylation sites is 1. The molecule has 0 atom stereocenters. The standard InChI is InChI=1S/C16H16N6O2S2/c1-10-21-22-16(26-10)19-13(23)8-7-12-9-25-15(18-12)20-14(24)17-11-5-3-2-4-6-11/h2-6,9H,7-8H2,1H3,(H,19,22,23)(H2,17,18,20,24). The van der Waals surface area contributed by atoms with Crippen LogP contribution in [0.25, 0.3) is 0 Å². The monoisotopic (exact) mass is 388 g/mol. The average Bonchev–Trinajstić information content (AvgIpc) is 3.22. The third kappa shape index (κ3) is 5.33. The molecule has 0 aliphatic rings. The molecule has 0 spiro atoms. The minimum atomic E-state index is -0.360. The fourth-order valence-corrected chi connectivity index (χ4v) is 3.38. The molecule has 2 aromatic heterocycles. The van der Waals surface area contributed by atoms with Gasteiger partial charge in [-0.05, 0) is 25.5 Å². The lowest BCUT2D eigenvalue weighted by molar-refractivity contribution is -0.116. The molecule has 10 heteroatoms. The molecule has 134 valence electrons. The largest absolute Gasteiger partial charge is 0.325 e. The third-order valence-electron chi connectivity index (χ3n) is 3.18. The number of hydrogen-bond donors (Lipinski definition) is 3. The molecule has 3 amide bonds. The Balaban J connectivity index is 1.45. The van der Waals surface area contributed by atoms with E-state index in [1.807, 2.05) is 30.5 Å². The van der Waals surface area contributed by atoms with Gasteiger partial charge in [-0.2, -0.15) is 0 Å². The number of hydrogen-bond acceptors (Lipinski definition) is 7. The van der Waals surface area contributed by atoms with Crippen LogP contribution < -0.4 is 16.0 Å². The van der Waals surface area contributed by atoms with E-state index < -0.39 is 0 Å². The van der Waals surface area contributed by atoms with Gasteiger partial charge < -0.3 is 10.6 Å². The second-order valence-electron chi connectivity index (χ2n) is 5.26. The quantitative estimate of drug-likeness (QED) is 0.599. The van der Waals surface area contributed by atoms with E-state index in [-0.39, 0.29) is 18.4 Å². The van der Waals surface area contributed by atoms with Crippen LogP contribution in [0.3, 0.4) is 0 Å². The maximum absolute atomic E-state index is 11.9. The number of aromatic nitrogens is 3. The first-order valence-corrected chi connectivity index (χ1v) is 9.45. The van der Waals surface area contributed by atoms with Crippen molar-refractivity contribution in [1.82, 2.24) is 15.2 Å². The average molecular weight is 388 g/mol. The van der Waals surface area contributed by atoms with E-state index in [2.05, 4.69) is 31.1 Å². The highest BCUT2D eigenvalue weighted by Gasteiger charge is 2.10. The SMILES string of the molecule is Cc1nnc(NC(=O)CCc2csc(NC(=O)Nc3ccccc3)n2)s1. The fraction of sp³-hybridized carbons (Fsp3) is 0.188. The second kappa shape index (κ2) is 8.50. The van der Waals surface area contributed by atoms with Crippen LogP contribution in [0.1, 0.15) is 17.1 Å². The summed E-state index contributed by atoms with van der Waals surface area (Å²) in [5.74, 6) is -0.148. The summed E-state index contributed by atoms with van der Waals surface area (Å²) in [6.45, 7) is 1.82. The van der Waals surface area contributed by atoms with Crippen molar-refractivity contribution in [2.45, 2.75) is 19.8 Å². The molecular formula is C16H16N6O2S2. The number of thiazole rings is 1. The van der Waals surface area contributed by atoms with Gasteiger partial charge in [-0.1, -0.05) is 29.5 Å². The molecule has 0 saturated heterocycles. The number of carbonyl (C=O) groups excluding carboxylic acids is 2. The first-order chi connectivity index (χ1) is 12.6. The molecule has 1 aromatic carbocycles. The van der Waals surface area contributed by atoms with Gasteiger partial charge in [-0.25, -0.2) is 9.78 Å². The van der Waals surface area contributed by atoms with Gasteiger partial charge in [-0.3, -0.25) is 10.1 Å². The molecule has 3 aromatic rings. The summed E-state index contributed by atoms with van der Waals surface area (Å²) >= 11 is 2.64. The Morgan fingerprint density at radius 3 is 2.58 bits per heavy atom. The Morgan fingerprint density at radius 1 is 1.04 bits per heavy atom. The lowest BCUT2D eigenvalue weighted by Gasteiger charge is -2.04. The van der Waals surface area contributed by atoms with Crippen molar-refractivity contribution in [3.05, 3.63) is 46.4 Å². The predicted octanol–water partition coefficient (Wildman–Crippen LogP) is 3.52. The van der Waals surface area contributed by atoms with E-state index in [0.717, 1.165) is 10.7 Å². The molecule has 0 fully saturated rings. The maximum Gasteiger partial charge on any atom is 0.325 e. The van der Waals surface area contributed by atoms with E-state index in [4.69, 9.17) is 0 Å². The number of urea groups is 1. The van der Waals surface area contributed by atoms with Crippen molar-refractivity contribution in [1.29, 1.82) is 0 Å². The number of aryl methyl sites for hydroxylation is 2. The van der Waals surface area contributed by atoms with Gasteiger partial charge in [0.15, 0.2) is 5.13 Å². The zero-order valence-electron chi connectivity index (χ0n) is 13.9. The van der Waals surface area contributed by atoms with Crippen LogP contribution in [-0.4, -0.2) is 27.1 Å². The maximum atomic E-state index is 11.9. The first-order valence-electron chi connectivity index (χ1n) is 7.76. The van der Waals surface area contributed by atoms with Crippen molar-refractivity contribution in [3.8, 4) is 0 Å². The topological polar surface area (TPSA) is 109 Å². The molecule has 0 radical (unpaired) electrons. The highest BCUT2D eigenvalue weighted by Crippen LogP contribution is 2.18. The summed E-state index contributed by atoms with van der Waals surface area (Å²) in [5.41, 5.74) is 1.44. The van der Waals surface area contributed by atoms with Crippen LogP contribution in [0.5, 0.6) is 0 Å². The van der Waals surface area contributed by atoms with Gasteiger partial charge in [0.1, 0.15) is 5.01 Å². The van der Waals surface area contributed by atoms with Crippen LogP contribution in [0.2, 0.25) is 0 Å². The number of nitrogens with zero attached hydrogens (tertiary/aromatic N) is 3. The highest BCUT2D eigenvalue weighted by molar-refractivity contribution is 7.15.